The number of piperazine rings is 1. The van der Waals surface area contributed by atoms with Crippen molar-refractivity contribution in [1.82, 2.24) is 9.21 Å². The quantitative estimate of drug-likeness (QED) is 0.587. The second-order valence-electron chi connectivity index (χ2n) is 8.98. The number of benzene rings is 2. The second-order valence-corrected chi connectivity index (χ2v) is 11.2. The van der Waals surface area contributed by atoms with Crippen LogP contribution < -0.4 is 0 Å². The number of hydrogen-bond donors (Lipinski definition) is 1. The highest BCUT2D eigenvalue weighted by atomic mass is 35.5. The number of nitrogens with zero attached hydrogens (tertiary/aromatic N) is 2. The zero-order chi connectivity index (χ0) is 27.0. The van der Waals surface area contributed by atoms with Crippen LogP contribution in [0.15, 0.2) is 41.3 Å². The molecule has 0 spiro atoms. The van der Waals surface area contributed by atoms with Gasteiger partial charge in [0.1, 0.15) is 0 Å². The lowest BCUT2D eigenvalue weighted by atomic mass is 10.1. The van der Waals surface area contributed by atoms with Crippen LogP contribution in [-0.2, 0) is 38.6 Å². The van der Waals surface area contributed by atoms with E-state index in [2.05, 4.69) is 0 Å². The van der Waals surface area contributed by atoms with Crippen molar-refractivity contribution >= 4 is 33.5 Å². The number of aryl methyl sites for hydroxylation is 1. The fraction of sp³-hybridized carbons (Fsp3) is 0.417. The Hall–Kier alpha value is -2.63. The van der Waals surface area contributed by atoms with Gasteiger partial charge in [-0.05, 0) is 61.7 Å². The maximum absolute atomic E-state index is 13.4. The summed E-state index contributed by atoms with van der Waals surface area (Å²) < 4.78 is 67.0. The van der Waals surface area contributed by atoms with Crippen molar-refractivity contribution in [2.75, 3.05) is 13.1 Å². The van der Waals surface area contributed by atoms with Gasteiger partial charge in [-0.1, -0.05) is 23.7 Å². The van der Waals surface area contributed by atoms with E-state index in [0.717, 1.165) is 12.1 Å². The Morgan fingerprint density at radius 3 is 2.19 bits per heavy atom. The van der Waals surface area contributed by atoms with E-state index in [0.29, 0.717) is 16.7 Å². The molecular weight excluding hydrogens is 521 g/mol. The summed E-state index contributed by atoms with van der Waals surface area (Å²) in [4.78, 5) is 25.5. The predicted molar refractivity (Wildman–Crippen MR) is 127 cm³/mol. The summed E-state index contributed by atoms with van der Waals surface area (Å²) in [5.41, 5.74) is 0.396. The highest BCUT2D eigenvalue weighted by molar-refractivity contribution is 7.89. The molecule has 1 aliphatic heterocycles. The number of carboxylic acid groups (broad SMARTS) is 1. The van der Waals surface area contributed by atoms with Gasteiger partial charge in [0.05, 0.1) is 28.3 Å². The number of sulfonamides is 1. The van der Waals surface area contributed by atoms with Crippen LogP contribution in [0.1, 0.15) is 36.1 Å². The second kappa shape index (κ2) is 10.4. The third kappa shape index (κ3) is 6.01. The maximum atomic E-state index is 13.4. The first-order chi connectivity index (χ1) is 16.6. The molecule has 1 heterocycles. The zero-order valence-electron chi connectivity index (χ0n) is 19.8. The molecule has 2 atom stereocenters. The summed E-state index contributed by atoms with van der Waals surface area (Å²) in [6.45, 7) is 5.20. The van der Waals surface area contributed by atoms with Crippen molar-refractivity contribution < 1.29 is 36.3 Å². The normalized spacial score (nSPS) is 19.4. The zero-order valence-corrected chi connectivity index (χ0v) is 21.4. The van der Waals surface area contributed by atoms with Crippen LogP contribution in [0.5, 0.6) is 0 Å². The van der Waals surface area contributed by atoms with Crippen molar-refractivity contribution in [3.8, 4) is 0 Å². The molecular formula is C24H26ClF3N2O5S. The average Bonchev–Trinajstić information content (AvgIpc) is 2.73. The Morgan fingerprint density at radius 2 is 1.67 bits per heavy atom. The van der Waals surface area contributed by atoms with Crippen LogP contribution in [0.3, 0.4) is 0 Å². The predicted octanol–water partition coefficient (Wildman–Crippen LogP) is 4.15. The van der Waals surface area contributed by atoms with Gasteiger partial charge in [-0.25, -0.2) is 8.42 Å². The molecule has 3 rings (SSSR count). The Morgan fingerprint density at radius 1 is 1.06 bits per heavy atom. The molecule has 1 amide bonds. The minimum atomic E-state index is -4.60. The Bertz CT molecular complexity index is 1270. The number of amides is 1. The summed E-state index contributed by atoms with van der Waals surface area (Å²) in [7, 11) is -3.99. The molecule has 36 heavy (non-hydrogen) atoms. The number of carboxylic acids is 1. The van der Waals surface area contributed by atoms with Gasteiger partial charge in [-0.2, -0.15) is 17.5 Å². The first-order valence-corrected chi connectivity index (χ1v) is 12.9. The molecule has 1 aliphatic rings. The molecule has 1 N–H and O–H groups in total. The minimum Gasteiger partial charge on any atom is -0.481 e. The van der Waals surface area contributed by atoms with Gasteiger partial charge < -0.3 is 10.0 Å². The van der Waals surface area contributed by atoms with Crippen molar-refractivity contribution in [3.05, 3.63) is 63.7 Å². The van der Waals surface area contributed by atoms with Gasteiger partial charge in [-0.15, -0.1) is 0 Å². The first-order valence-electron chi connectivity index (χ1n) is 11.1. The molecule has 2 aromatic rings. The highest BCUT2D eigenvalue weighted by Crippen LogP contribution is 2.35. The molecule has 196 valence electrons. The molecule has 0 aromatic heterocycles. The molecule has 0 aliphatic carbocycles. The summed E-state index contributed by atoms with van der Waals surface area (Å²) in [6, 6.07) is 6.32. The highest BCUT2D eigenvalue weighted by Gasteiger charge is 2.40. The third-order valence-electron chi connectivity index (χ3n) is 6.12. The van der Waals surface area contributed by atoms with Crippen LogP contribution in [0.2, 0.25) is 5.02 Å². The third-order valence-corrected chi connectivity index (χ3v) is 8.56. The molecule has 2 aromatic carbocycles. The summed E-state index contributed by atoms with van der Waals surface area (Å²) in [5.74, 6) is -1.43. The smallest absolute Gasteiger partial charge is 0.417 e. The van der Waals surface area contributed by atoms with E-state index in [4.69, 9.17) is 16.7 Å². The lowest BCUT2D eigenvalue weighted by molar-refractivity contribution is -0.138. The number of aliphatic carboxylic acids is 1. The van der Waals surface area contributed by atoms with Gasteiger partial charge in [0.15, 0.2) is 0 Å². The Labute approximate surface area is 212 Å². The summed E-state index contributed by atoms with van der Waals surface area (Å²) in [5, 5.41) is 8.62. The van der Waals surface area contributed by atoms with Gasteiger partial charge >= 0.3 is 12.1 Å². The van der Waals surface area contributed by atoms with Gasteiger partial charge in [0, 0.05) is 25.2 Å². The van der Waals surface area contributed by atoms with Crippen LogP contribution >= 0.6 is 11.6 Å². The van der Waals surface area contributed by atoms with Crippen molar-refractivity contribution in [2.24, 2.45) is 0 Å². The van der Waals surface area contributed by atoms with Crippen LogP contribution in [0, 0.1) is 6.92 Å². The maximum Gasteiger partial charge on any atom is 0.417 e. The number of rotatable bonds is 6. The van der Waals surface area contributed by atoms with E-state index < -0.39 is 44.8 Å². The lowest BCUT2D eigenvalue weighted by Gasteiger charge is -2.43. The van der Waals surface area contributed by atoms with E-state index in [1.165, 1.54) is 27.4 Å². The van der Waals surface area contributed by atoms with Gasteiger partial charge in [0.25, 0.3) is 0 Å². The number of alkyl halides is 3. The topological polar surface area (TPSA) is 95.0 Å². The Kier molecular flexibility index (Phi) is 8.07. The van der Waals surface area contributed by atoms with Crippen LogP contribution in [0.25, 0.3) is 0 Å². The SMILES string of the molecule is Cc1ccc(S(=O)(=O)N2C(C)CN(C(=O)Cc3ccc(C(F)(F)F)c(Cl)c3)CC2C)cc1CC(=O)O. The van der Waals surface area contributed by atoms with E-state index in [1.807, 2.05) is 0 Å². The van der Waals surface area contributed by atoms with Crippen LogP contribution in [-0.4, -0.2) is 59.8 Å². The molecule has 0 bridgehead atoms. The number of carbonyl (C=O) groups excluding carboxylic acids is 1. The van der Waals surface area contributed by atoms with Crippen molar-refractivity contribution in [1.29, 1.82) is 0 Å². The van der Waals surface area contributed by atoms with E-state index in [-0.39, 0.29) is 36.7 Å². The van der Waals surface area contributed by atoms with Crippen LogP contribution in [0.4, 0.5) is 13.2 Å². The van der Waals surface area contributed by atoms with E-state index in [1.54, 1.807) is 26.8 Å². The molecule has 0 radical (unpaired) electrons. The number of hydrogen-bond acceptors (Lipinski definition) is 4. The summed E-state index contributed by atoms with van der Waals surface area (Å²) in [6.07, 6.45) is -5.09. The lowest BCUT2D eigenvalue weighted by Crippen LogP contribution is -2.59. The average molecular weight is 547 g/mol. The van der Waals surface area contributed by atoms with E-state index in [9.17, 15) is 31.2 Å². The molecule has 1 fully saturated rings. The molecule has 2 unspecified atom stereocenters. The Balaban J connectivity index is 1.76. The van der Waals surface area contributed by atoms with Crippen molar-refractivity contribution in [3.63, 3.8) is 0 Å². The molecule has 12 heteroatoms. The largest absolute Gasteiger partial charge is 0.481 e. The molecule has 1 saturated heterocycles. The monoisotopic (exact) mass is 546 g/mol. The first kappa shape index (κ1) is 27.9. The fourth-order valence-corrected chi connectivity index (χ4v) is 6.62. The summed E-state index contributed by atoms with van der Waals surface area (Å²) >= 11 is 5.75. The molecule has 7 nitrogen and oxygen atoms in total. The number of halogens is 4. The van der Waals surface area contributed by atoms with Crippen molar-refractivity contribution in [2.45, 2.75) is 56.8 Å². The molecule has 0 saturated carbocycles. The van der Waals surface area contributed by atoms with E-state index >= 15 is 0 Å². The fourth-order valence-electron chi connectivity index (χ4n) is 4.45. The standard InChI is InChI=1S/C24H26ClF3N2O5S/c1-14-4-6-19(10-18(14)11-23(32)33)36(34,35)30-15(2)12-29(13-16(30)3)22(31)9-17-5-7-20(21(25)8-17)24(26,27)28/h4-8,10,15-16H,9,11-13H2,1-3H3,(H,32,33). The van der Waals surface area contributed by atoms with Gasteiger partial charge in [-0.3, -0.25) is 9.59 Å². The van der Waals surface area contributed by atoms with Gasteiger partial charge in [0.2, 0.25) is 15.9 Å². The minimum absolute atomic E-state index is 0.0257. The number of carbonyl (C=O) groups is 2.